The van der Waals surface area contributed by atoms with E-state index in [4.69, 9.17) is 11.6 Å². The van der Waals surface area contributed by atoms with Gasteiger partial charge in [0.15, 0.2) is 0 Å². The zero-order valence-corrected chi connectivity index (χ0v) is 14.3. The number of anilines is 1. The van der Waals surface area contributed by atoms with Crippen molar-refractivity contribution in [2.75, 3.05) is 11.9 Å². The zero-order valence-electron chi connectivity index (χ0n) is 13.5. The first-order valence-electron chi connectivity index (χ1n) is 7.86. The number of hydrogen-bond donors (Lipinski definition) is 2. The van der Waals surface area contributed by atoms with Gasteiger partial charge in [-0.15, -0.1) is 0 Å². The summed E-state index contributed by atoms with van der Waals surface area (Å²) < 4.78 is 1.86. The van der Waals surface area contributed by atoms with Gasteiger partial charge in [0.2, 0.25) is 5.95 Å². The molecule has 5 nitrogen and oxygen atoms in total. The summed E-state index contributed by atoms with van der Waals surface area (Å²) in [6.45, 7) is 5.18. The van der Waals surface area contributed by atoms with Crippen molar-refractivity contribution in [2.45, 2.75) is 19.3 Å². The molecule has 2 aromatic heterocycles. The number of rotatable bonds is 4. The van der Waals surface area contributed by atoms with Gasteiger partial charge in [-0.2, -0.15) is 4.98 Å². The summed E-state index contributed by atoms with van der Waals surface area (Å²) in [5.41, 5.74) is 3.06. The van der Waals surface area contributed by atoms with Gasteiger partial charge in [-0.05, 0) is 23.8 Å². The monoisotopic (exact) mass is 339 g/mol. The molecule has 0 saturated carbocycles. The third-order valence-corrected chi connectivity index (χ3v) is 4.52. The van der Waals surface area contributed by atoms with E-state index in [1.807, 2.05) is 28.8 Å². The molecule has 0 saturated heterocycles. The summed E-state index contributed by atoms with van der Waals surface area (Å²) in [7, 11) is 0. The maximum Gasteiger partial charge on any atom is 0.253 e. The van der Waals surface area contributed by atoms with Crippen molar-refractivity contribution in [3.63, 3.8) is 0 Å². The number of benzene rings is 2. The molecule has 0 spiro atoms. The number of aromatic nitrogens is 4. The summed E-state index contributed by atoms with van der Waals surface area (Å²) in [5.74, 6) is 1.34. The first kappa shape index (κ1) is 15.0. The molecule has 0 aliphatic heterocycles. The molecular formula is C18H18ClN5. The van der Waals surface area contributed by atoms with E-state index in [0.29, 0.717) is 16.7 Å². The molecule has 4 rings (SSSR count). The number of hydrogen-bond acceptors (Lipinski definition) is 3. The average molecular weight is 340 g/mol. The van der Waals surface area contributed by atoms with Crippen molar-refractivity contribution < 1.29 is 0 Å². The molecule has 2 heterocycles. The molecule has 6 heteroatoms. The third-order valence-electron chi connectivity index (χ3n) is 4.28. The van der Waals surface area contributed by atoms with Gasteiger partial charge >= 0.3 is 0 Å². The van der Waals surface area contributed by atoms with Crippen molar-refractivity contribution in [3.8, 4) is 0 Å². The highest BCUT2D eigenvalue weighted by atomic mass is 35.5. The minimum absolute atomic E-state index is 0.00820. The van der Waals surface area contributed by atoms with Gasteiger partial charge in [0.25, 0.3) is 5.78 Å². The Labute approximate surface area is 144 Å². The lowest BCUT2D eigenvalue weighted by Crippen LogP contribution is -2.27. The Morgan fingerprint density at radius 3 is 2.71 bits per heavy atom. The van der Waals surface area contributed by atoms with Gasteiger partial charge in [0.05, 0.1) is 11.0 Å². The van der Waals surface area contributed by atoms with Crippen molar-refractivity contribution in [1.82, 2.24) is 19.6 Å². The highest BCUT2D eigenvalue weighted by molar-refractivity contribution is 6.31. The molecule has 2 N–H and O–H groups in total. The Bertz CT molecular complexity index is 1000. The largest absolute Gasteiger partial charge is 0.354 e. The summed E-state index contributed by atoms with van der Waals surface area (Å²) in [6.07, 6.45) is 0. The summed E-state index contributed by atoms with van der Waals surface area (Å²) in [4.78, 5) is 9.01. The van der Waals surface area contributed by atoms with Crippen LogP contribution in [0.5, 0.6) is 0 Å². The lowest BCUT2D eigenvalue weighted by molar-refractivity contribution is 0.555. The van der Waals surface area contributed by atoms with Gasteiger partial charge in [-0.1, -0.05) is 55.8 Å². The van der Waals surface area contributed by atoms with Crippen molar-refractivity contribution in [1.29, 1.82) is 0 Å². The van der Waals surface area contributed by atoms with Crippen molar-refractivity contribution in [3.05, 3.63) is 59.1 Å². The van der Waals surface area contributed by atoms with E-state index >= 15 is 0 Å². The molecule has 24 heavy (non-hydrogen) atoms. The maximum atomic E-state index is 6.01. The molecule has 0 bridgehead atoms. The van der Waals surface area contributed by atoms with Crippen LogP contribution in [0.15, 0.2) is 48.5 Å². The van der Waals surface area contributed by atoms with Crippen LogP contribution in [-0.4, -0.2) is 26.1 Å². The van der Waals surface area contributed by atoms with Crippen LogP contribution in [0.2, 0.25) is 5.02 Å². The Morgan fingerprint density at radius 1 is 1.12 bits per heavy atom. The van der Waals surface area contributed by atoms with E-state index < -0.39 is 0 Å². The van der Waals surface area contributed by atoms with Crippen LogP contribution in [0, 0.1) is 0 Å². The number of aromatic amines is 1. The molecule has 0 fully saturated rings. The Hall–Kier alpha value is -2.53. The summed E-state index contributed by atoms with van der Waals surface area (Å²) in [6, 6.07) is 16.1. The minimum atomic E-state index is -0.00820. The van der Waals surface area contributed by atoms with Gasteiger partial charge in [0, 0.05) is 17.0 Å². The predicted octanol–water partition coefficient (Wildman–Crippen LogP) is 4.25. The molecule has 4 aromatic rings. The van der Waals surface area contributed by atoms with E-state index in [0.717, 1.165) is 17.6 Å². The SMILES string of the molecule is CC(C)(CNc1nc2nc3cc(Cl)ccc3n2[nH]1)c1ccccc1. The van der Waals surface area contributed by atoms with Gasteiger partial charge in [-0.25, -0.2) is 9.50 Å². The molecule has 0 atom stereocenters. The number of nitrogens with zero attached hydrogens (tertiary/aromatic N) is 3. The second kappa shape index (κ2) is 5.53. The summed E-state index contributed by atoms with van der Waals surface area (Å²) >= 11 is 6.01. The molecule has 0 radical (unpaired) electrons. The fourth-order valence-electron chi connectivity index (χ4n) is 2.83. The number of halogens is 1. The van der Waals surface area contributed by atoms with Gasteiger partial charge in [-0.3, -0.25) is 5.10 Å². The number of H-pyrrole nitrogens is 1. The molecule has 0 amide bonds. The first-order chi connectivity index (χ1) is 11.5. The van der Waals surface area contributed by atoms with Crippen LogP contribution in [0.4, 0.5) is 5.95 Å². The molecule has 0 unspecified atom stereocenters. The van der Waals surface area contributed by atoms with Crippen molar-refractivity contribution in [2.24, 2.45) is 0 Å². The smallest absolute Gasteiger partial charge is 0.253 e. The van der Waals surface area contributed by atoms with E-state index in [1.54, 1.807) is 0 Å². The van der Waals surface area contributed by atoms with E-state index in [9.17, 15) is 0 Å². The van der Waals surface area contributed by atoms with Gasteiger partial charge in [0.1, 0.15) is 0 Å². The van der Waals surface area contributed by atoms with E-state index in [-0.39, 0.29) is 5.41 Å². The zero-order chi connectivity index (χ0) is 16.7. The second-order valence-corrected chi connectivity index (χ2v) is 6.99. The topological polar surface area (TPSA) is 58.0 Å². The van der Waals surface area contributed by atoms with E-state index in [1.165, 1.54) is 5.56 Å². The maximum absolute atomic E-state index is 6.01. The Kier molecular flexibility index (Phi) is 3.46. The number of nitrogens with one attached hydrogen (secondary N) is 2. The average Bonchev–Trinajstić information content (AvgIpc) is 3.10. The lowest BCUT2D eigenvalue weighted by atomic mass is 9.85. The van der Waals surface area contributed by atoms with Gasteiger partial charge < -0.3 is 5.32 Å². The van der Waals surface area contributed by atoms with Crippen LogP contribution in [0.1, 0.15) is 19.4 Å². The normalized spacial score (nSPS) is 12.1. The molecule has 0 aliphatic rings. The standard InChI is InChI=1S/C18H18ClN5/c1-18(2,12-6-4-3-5-7-12)11-20-16-22-17-21-14-10-13(19)8-9-15(14)24(17)23-16/h3-10H,11H2,1-2H3,(H2,20,21,22,23). The Balaban J connectivity index is 1.59. The summed E-state index contributed by atoms with van der Waals surface area (Å²) in [5, 5.41) is 7.30. The van der Waals surface area contributed by atoms with E-state index in [2.05, 4.69) is 58.5 Å². The number of imidazole rings is 1. The minimum Gasteiger partial charge on any atom is -0.354 e. The molecule has 122 valence electrons. The third kappa shape index (κ3) is 2.61. The quantitative estimate of drug-likeness (QED) is 0.584. The Morgan fingerprint density at radius 2 is 1.92 bits per heavy atom. The lowest BCUT2D eigenvalue weighted by Gasteiger charge is -2.25. The highest BCUT2D eigenvalue weighted by Crippen LogP contribution is 2.24. The molecular weight excluding hydrogens is 322 g/mol. The van der Waals surface area contributed by atoms with Crippen molar-refractivity contribution >= 4 is 34.4 Å². The van der Waals surface area contributed by atoms with Crippen LogP contribution in [0.3, 0.4) is 0 Å². The highest BCUT2D eigenvalue weighted by Gasteiger charge is 2.21. The predicted molar refractivity (Wildman–Crippen MR) is 97.8 cm³/mol. The molecule has 0 aliphatic carbocycles. The number of fused-ring (bicyclic) bond motifs is 3. The van der Waals surface area contributed by atoms with Crippen LogP contribution >= 0.6 is 11.6 Å². The van der Waals surface area contributed by atoms with Crippen LogP contribution < -0.4 is 5.32 Å². The molecule has 2 aromatic carbocycles. The van der Waals surface area contributed by atoms with Crippen LogP contribution in [-0.2, 0) is 5.41 Å². The fraction of sp³-hybridized carbons (Fsp3) is 0.222. The first-order valence-corrected chi connectivity index (χ1v) is 8.24. The van der Waals surface area contributed by atoms with Crippen LogP contribution in [0.25, 0.3) is 16.8 Å². The fourth-order valence-corrected chi connectivity index (χ4v) is 3.00. The second-order valence-electron chi connectivity index (χ2n) is 6.56.